The summed E-state index contributed by atoms with van der Waals surface area (Å²) in [5.41, 5.74) is 0. The van der Waals surface area contributed by atoms with Crippen molar-refractivity contribution < 1.29 is 66.4 Å². The van der Waals surface area contributed by atoms with Crippen molar-refractivity contribution in [3.05, 3.63) is 97.1 Å². The van der Waals surface area contributed by atoms with Crippen LogP contribution < -0.4 is 48.5 Å². The monoisotopic (exact) mass is 832 g/mol. The van der Waals surface area contributed by atoms with Gasteiger partial charge in [-0.15, -0.1) is 0 Å². The van der Waals surface area contributed by atoms with Gasteiger partial charge < -0.3 is 67.5 Å². The molecule has 4 aromatic carbocycles. The van der Waals surface area contributed by atoms with E-state index < -0.39 is 12.2 Å². The van der Waals surface area contributed by atoms with Crippen LogP contribution in [0.5, 0.6) is 46.0 Å². The molecule has 0 unspecified atom stereocenters. The molecule has 16 nitrogen and oxygen atoms in total. The first kappa shape index (κ1) is 43.6. The Morgan fingerprint density at radius 2 is 0.650 bits per heavy atom. The lowest BCUT2D eigenvalue weighted by Crippen LogP contribution is -2.40. The zero-order valence-corrected chi connectivity index (χ0v) is 33.4. The predicted molar refractivity (Wildman–Crippen MR) is 217 cm³/mol. The summed E-state index contributed by atoms with van der Waals surface area (Å²) < 4.78 is 71.0. The van der Waals surface area contributed by atoms with Crippen molar-refractivity contribution in [1.29, 1.82) is 0 Å². The fourth-order valence-corrected chi connectivity index (χ4v) is 5.71. The maximum atomic E-state index is 12.8. The second kappa shape index (κ2) is 24.9. The van der Waals surface area contributed by atoms with Crippen LogP contribution in [0.1, 0.15) is 0 Å². The number of hydrogen-bond acceptors (Lipinski definition) is 14. The zero-order chi connectivity index (χ0) is 41.5. The van der Waals surface area contributed by atoms with Gasteiger partial charge in [-0.2, -0.15) is 0 Å². The molecule has 0 aliphatic carbocycles. The van der Waals surface area contributed by atoms with Crippen LogP contribution in [0.3, 0.4) is 0 Å². The summed E-state index contributed by atoms with van der Waals surface area (Å²) in [6.45, 7) is 2.80. The van der Waals surface area contributed by atoms with Crippen LogP contribution >= 0.6 is 0 Å². The SMILES string of the molecule is O=C(COC1COc2ccccc2OCCOCCOc2ccccc2OC1)NCCNC(=O)COC1COc2ccccc2OCCOCCOc2ccccc2OC1. The summed E-state index contributed by atoms with van der Waals surface area (Å²) in [6.07, 6.45) is -1.29. The Morgan fingerprint density at radius 1 is 0.400 bits per heavy atom. The molecule has 60 heavy (non-hydrogen) atoms. The number of carbonyl (C=O) groups is 2. The molecule has 322 valence electrons. The molecular weight excluding hydrogens is 780 g/mol. The number of para-hydroxylation sites is 8. The molecule has 0 spiro atoms. The van der Waals surface area contributed by atoms with Gasteiger partial charge >= 0.3 is 0 Å². The summed E-state index contributed by atoms with van der Waals surface area (Å²) in [7, 11) is 0. The number of fused-ring (bicyclic) bond motifs is 4. The van der Waals surface area contributed by atoms with Crippen LogP contribution in [0.2, 0.25) is 0 Å². The van der Waals surface area contributed by atoms with Crippen molar-refractivity contribution >= 4 is 11.8 Å². The van der Waals surface area contributed by atoms with E-state index in [0.29, 0.717) is 98.9 Å². The Morgan fingerprint density at radius 3 is 0.917 bits per heavy atom. The van der Waals surface area contributed by atoms with E-state index in [-0.39, 0.29) is 64.5 Å². The topological polar surface area (TPSA) is 169 Å². The van der Waals surface area contributed by atoms with Gasteiger partial charge in [0.1, 0.15) is 78.3 Å². The molecule has 0 fully saturated rings. The van der Waals surface area contributed by atoms with Crippen LogP contribution in [0, 0.1) is 0 Å². The van der Waals surface area contributed by atoms with Gasteiger partial charge in [0.25, 0.3) is 0 Å². The van der Waals surface area contributed by atoms with Gasteiger partial charge in [0.2, 0.25) is 11.8 Å². The minimum atomic E-state index is -0.645. The Labute approximate surface area is 349 Å². The zero-order valence-electron chi connectivity index (χ0n) is 33.4. The first-order chi connectivity index (χ1) is 29.6. The lowest BCUT2D eigenvalue weighted by molar-refractivity contribution is -0.130. The number of nitrogens with one attached hydrogen (secondary N) is 2. The third-order valence-electron chi connectivity index (χ3n) is 8.71. The number of amides is 2. The average Bonchev–Trinajstić information content (AvgIpc) is 3.27. The van der Waals surface area contributed by atoms with Crippen molar-refractivity contribution in [2.75, 3.05) is 106 Å². The van der Waals surface area contributed by atoms with Gasteiger partial charge in [-0.3, -0.25) is 9.59 Å². The molecule has 2 N–H and O–H groups in total. The maximum absolute atomic E-state index is 12.8. The summed E-state index contributed by atoms with van der Waals surface area (Å²) in [6, 6.07) is 29.1. The molecule has 0 aromatic heterocycles. The highest BCUT2D eigenvalue weighted by Gasteiger charge is 2.19. The fourth-order valence-electron chi connectivity index (χ4n) is 5.71. The van der Waals surface area contributed by atoms with Gasteiger partial charge in [0, 0.05) is 13.1 Å². The molecule has 2 aliphatic rings. The highest BCUT2D eigenvalue weighted by Crippen LogP contribution is 2.30. The summed E-state index contributed by atoms with van der Waals surface area (Å²) in [5, 5.41) is 5.52. The largest absolute Gasteiger partial charge is 0.487 e. The normalized spacial score (nSPS) is 16.2. The first-order valence-electron chi connectivity index (χ1n) is 19.9. The van der Waals surface area contributed by atoms with Gasteiger partial charge in [0.15, 0.2) is 46.0 Å². The van der Waals surface area contributed by atoms with Crippen molar-refractivity contribution in [3.8, 4) is 46.0 Å². The van der Waals surface area contributed by atoms with Gasteiger partial charge in [-0.25, -0.2) is 0 Å². The van der Waals surface area contributed by atoms with Gasteiger partial charge in [-0.1, -0.05) is 48.5 Å². The summed E-state index contributed by atoms with van der Waals surface area (Å²) >= 11 is 0. The molecule has 0 radical (unpaired) electrons. The number of benzene rings is 4. The third kappa shape index (κ3) is 15.0. The molecule has 0 atom stereocenters. The van der Waals surface area contributed by atoms with Crippen LogP contribution in [-0.4, -0.2) is 130 Å². The lowest BCUT2D eigenvalue weighted by Gasteiger charge is -2.21. The maximum Gasteiger partial charge on any atom is 0.246 e. The average molecular weight is 833 g/mol. The van der Waals surface area contributed by atoms with Gasteiger partial charge in [0.05, 0.1) is 26.4 Å². The standard InChI is InChI=1S/C44H52N2O14/c47-43(31-55-33-27-57-39-13-5-1-9-35(39)51-23-19-49-20-24-52-36-10-2-6-14-40(36)58-28-33)45-17-18-46-44(48)32-56-34-29-59-41-15-7-3-11-37(41)53-25-21-50-22-26-54-38-12-4-8-16-42(38)60-30-34/h1-16,33-34H,17-32H2,(H,45,47)(H,46,48). The molecule has 16 heteroatoms. The van der Waals surface area contributed by atoms with E-state index in [1.165, 1.54) is 0 Å². The highest BCUT2D eigenvalue weighted by atomic mass is 16.6. The minimum absolute atomic E-state index is 0.0658. The highest BCUT2D eigenvalue weighted by molar-refractivity contribution is 5.78. The number of ether oxygens (including phenoxy) is 12. The predicted octanol–water partition coefficient (Wildman–Crippen LogP) is 3.88. The van der Waals surface area contributed by atoms with E-state index in [9.17, 15) is 9.59 Å². The Hall–Kier alpha value is -5.94. The number of hydrogen-bond donors (Lipinski definition) is 2. The van der Waals surface area contributed by atoms with E-state index in [1.807, 2.05) is 48.5 Å². The minimum Gasteiger partial charge on any atom is -0.487 e. The quantitative estimate of drug-likeness (QED) is 0.233. The fraction of sp³-hybridized carbons (Fsp3) is 0.409. The van der Waals surface area contributed by atoms with Crippen LogP contribution in [0.25, 0.3) is 0 Å². The Kier molecular flexibility index (Phi) is 18.1. The second-order valence-corrected chi connectivity index (χ2v) is 13.2. The molecular formula is C44H52N2O14. The summed E-state index contributed by atoms with van der Waals surface area (Å²) in [4.78, 5) is 25.7. The lowest BCUT2D eigenvalue weighted by atomic mass is 10.3. The molecule has 4 aromatic rings. The number of rotatable bonds is 9. The first-order valence-corrected chi connectivity index (χ1v) is 19.9. The molecule has 2 aliphatic heterocycles. The van der Waals surface area contributed by atoms with Crippen molar-refractivity contribution in [1.82, 2.24) is 10.6 Å². The van der Waals surface area contributed by atoms with Crippen LogP contribution in [0.4, 0.5) is 0 Å². The van der Waals surface area contributed by atoms with Crippen LogP contribution in [-0.2, 0) is 28.5 Å². The molecule has 6 rings (SSSR count). The van der Waals surface area contributed by atoms with E-state index >= 15 is 0 Å². The molecule has 2 heterocycles. The molecule has 2 amide bonds. The number of carbonyl (C=O) groups excluding carboxylic acids is 2. The third-order valence-corrected chi connectivity index (χ3v) is 8.71. The molecule has 0 saturated heterocycles. The molecule has 0 bridgehead atoms. The van der Waals surface area contributed by atoms with E-state index in [2.05, 4.69) is 10.6 Å². The molecule has 0 saturated carbocycles. The van der Waals surface area contributed by atoms with E-state index in [4.69, 9.17) is 56.8 Å². The second-order valence-electron chi connectivity index (χ2n) is 13.2. The van der Waals surface area contributed by atoms with Crippen molar-refractivity contribution in [3.63, 3.8) is 0 Å². The Bertz CT molecular complexity index is 1650. The van der Waals surface area contributed by atoms with Crippen molar-refractivity contribution in [2.24, 2.45) is 0 Å². The van der Waals surface area contributed by atoms with Gasteiger partial charge in [-0.05, 0) is 48.5 Å². The van der Waals surface area contributed by atoms with E-state index in [1.54, 1.807) is 48.5 Å². The smallest absolute Gasteiger partial charge is 0.246 e. The van der Waals surface area contributed by atoms with Crippen LogP contribution in [0.15, 0.2) is 97.1 Å². The van der Waals surface area contributed by atoms with Crippen molar-refractivity contribution in [2.45, 2.75) is 12.2 Å². The Balaban J connectivity index is 0.967. The van der Waals surface area contributed by atoms with E-state index in [0.717, 1.165) is 0 Å². The summed E-state index contributed by atoms with van der Waals surface area (Å²) in [5.74, 6) is 3.51.